The van der Waals surface area contributed by atoms with E-state index < -0.39 is 0 Å². The summed E-state index contributed by atoms with van der Waals surface area (Å²) >= 11 is 0. The Balaban J connectivity index is 2.21. The highest BCUT2D eigenvalue weighted by Crippen LogP contribution is 2.30. The van der Waals surface area contributed by atoms with Crippen LogP contribution in [0.15, 0.2) is 30.3 Å². The molecule has 5 nitrogen and oxygen atoms in total. The van der Waals surface area contributed by atoms with Gasteiger partial charge in [0.1, 0.15) is 0 Å². The Kier molecular flexibility index (Phi) is 4.29. The zero-order chi connectivity index (χ0) is 13.8. The van der Waals surface area contributed by atoms with E-state index in [-0.39, 0.29) is 43.3 Å². The summed E-state index contributed by atoms with van der Waals surface area (Å²) in [5, 5.41) is 0. The van der Waals surface area contributed by atoms with Crippen molar-refractivity contribution in [1.29, 1.82) is 0 Å². The number of amides is 2. The van der Waals surface area contributed by atoms with Crippen LogP contribution in [0.2, 0.25) is 0 Å². The van der Waals surface area contributed by atoms with Gasteiger partial charge in [0.05, 0.1) is 18.6 Å². The van der Waals surface area contributed by atoms with Crippen LogP contribution in [0.25, 0.3) is 0 Å². The Bertz CT molecular complexity index is 461. The molecule has 5 heteroatoms. The minimum absolute atomic E-state index is 0.175. The zero-order valence-electron chi connectivity index (χ0n) is 10.9. The highest BCUT2D eigenvalue weighted by molar-refractivity contribution is 6.06. The van der Waals surface area contributed by atoms with Gasteiger partial charge in [0, 0.05) is 20.1 Å². The minimum Gasteiger partial charge on any atom is -0.382 e. The molecule has 2 unspecified atom stereocenters. The number of likely N-dealkylation sites (tertiary alicyclic amines) is 1. The van der Waals surface area contributed by atoms with Crippen LogP contribution in [0, 0.1) is 0 Å². The van der Waals surface area contributed by atoms with E-state index in [2.05, 4.69) is 0 Å². The first kappa shape index (κ1) is 13.7. The summed E-state index contributed by atoms with van der Waals surface area (Å²) in [7, 11) is 1.53. The highest BCUT2D eigenvalue weighted by atomic mass is 16.5. The van der Waals surface area contributed by atoms with Crippen molar-refractivity contribution in [3.05, 3.63) is 35.9 Å². The molecule has 102 valence electrons. The number of carbonyl (C=O) groups is 2. The van der Waals surface area contributed by atoms with Crippen LogP contribution in [0.5, 0.6) is 0 Å². The Morgan fingerprint density at radius 2 is 2.05 bits per heavy atom. The highest BCUT2D eigenvalue weighted by Gasteiger charge is 2.42. The molecule has 0 spiro atoms. The Hall–Kier alpha value is -1.72. The Labute approximate surface area is 112 Å². The number of nitrogens with two attached hydrogens (primary N) is 1. The van der Waals surface area contributed by atoms with Crippen LogP contribution in [-0.2, 0) is 14.3 Å². The standard InChI is InChI=1S/C14H18N2O3/c1-19-9-11(8-15)16-13(17)7-12(14(16)18)10-5-3-2-4-6-10/h2-6,11-12H,7-9,15H2,1H3. The van der Waals surface area contributed by atoms with E-state index >= 15 is 0 Å². The molecule has 0 radical (unpaired) electrons. The van der Waals surface area contributed by atoms with Gasteiger partial charge in [0.2, 0.25) is 11.8 Å². The fraction of sp³-hybridized carbons (Fsp3) is 0.429. The summed E-state index contributed by atoms with van der Waals surface area (Å²) in [6.45, 7) is 0.488. The Morgan fingerprint density at radius 3 is 2.63 bits per heavy atom. The lowest BCUT2D eigenvalue weighted by atomic mass is 9.98. The van der Waals surface area contributed by atoms with Crippen molar-refractivity contribution >= 4 is 11.8 Å². The SMILES string of the molecule is COCC(CN)N1C(=O)CC(c2ccccc2)C1=O. The van der Waals surface area contributed by atoms with Crippen molar-refractivity contribution in [2.24, 2.45) is 5.73 Å². The lowest BCUT2D eigenvalue weighted by Crippen LogP contribution is -2.47. The van der Waals surface area contributed by atoms with Gasteiger partial charge in [-0.15, -0.1) is 0 Å². The van der Waals surface area contributed by atoms with Crippen LogP contribution < -0.4 is 5.73 Å². The van der Waals surface area contributed by atoms with Crippen molar-refractivity contribution in [3.63, 3.8) is 0 Å². The molecule has 1 heterocycles. The van der Waals surface area contributed by atoms with E-state index in [0.717, 1.165) is 5.56 Å². The van der Waals surface area contributed by atoms with Crippen LogP contribution in [0.1, 0.15) is 17.9 Å². The van der Waals surface area contributed by atoms with Crippen molar-refractivity contribution in [2.75, 3.05) is 20.3 Å². The number of methoxy groups -OCH3 is 1. The smallest absolute Gasteiger partial charge is 0.237 e. The second-order valence-corrected chi connectivity index (χ2v) is 4.61. The maximum Gasteiger partial charge on any atom is 0.237 e. The molecule has 1 fully saturated rings. The number of carbonyl (C=O) groups excluding carboxylic acids is 2. The van der Waals surface area contributed by atoms with E-state index in [1.807, 2.05) is 30.3 Å². The van der Waals surface area contributed by atoms with Gasteiger partial charge in [-0.25, -0.2) is 0 Å². The van der Waals surface area contributed by atoms with Gasteiger partial charge in [-0.3, -0.25) is 14.5 Å². The monoisotopic (exact) mass is 262 g/mol. The summed E-state index contributed by atoms with van der Waals surface area (Å²) in [5.74, 6) is -0.741. The molecule has 2 atom stereocenters. The summed E-state index contributed by atoms with van der Waals surface area (Å²) in [4.78, 5) is 25.7. The molecule has 1 aromatic rings. The van der Waals surface area contributed by atoms with Gasteiger partial charge in [-0.2, -0.15) is 0 Å². The summed E-state index contributed by atoms with van der Waals surface area (Å²) in [5.41, 5.74) is 6.49. The molecule has 0 aliphatic carbocycles. The normalized spacial score (nSPS) is 20.9. The predicted octanol–water partition coefficient (Wildman–Crippen LogP) is 0.503. The largest absolute Gasteiger partial charge is 0.382 e. The predicted molar refractivity (Wildman–Crippen MR) is 70.4 cm³/mol. The van der Waals surface area contributed by atoms with E-state index in [1.54, 1.807) is 0 Å². The number of nitrogens with zero attached hydrogens (tertiary/aromatic N) is 1. The molecule has 0 aromatic heterocycles. The topological polar surface area (TPSA) is 72.6 Å². The number of imide groups is 1. The van der Waals surface area contributed by atoms with Gasteiger partial charge in [0.15, 0.2) is 0 Å². The van der Waals surface area contributed by atoms with E-state index in [0.29, 0.717) is 0 Å². The summed E-state index contributed by atoms with van der Waals surface area (Å²) < 4.78 is 5.02. The van der Waals surface area contributed by atoms with E-state index in [4.69, 9.17) is 10.5 Å². The van der Waals surface area contributed by atoms with Crippen LogP contribution in [0.4, 0.5) is 0 Å². The van der Waals surface area contributed by atoms with E-state index in [1.165, 1.54) is 12.0 Å². The third kappa shape index (κ3) is 2.67. The minimum atomic E-state index is -0.389. The molecule has 0 bridgehead atoms. The van der Waals surface area contributed by atoms with Crippen molar-refractivity contribution in [2.45, 2.75) is 18.4 Å². The maximum absolute atomic E-state index is 12.4. The number of hydrogen-bond acceptors (Lipinski definition) is 4. The second-order valence-electron chi connectivity index (χ2n) is 4.61. The zero-order valence-corrected chi connectivity index (χ0v) is 10.9. The van der Waals surface area contributed by atoms with Crippen LogP contribution >= 0.6 is 0 Å². The fourth-order valence-corrected chi connectivity index (χ4v) is 2.42. The molecule has 1 aliphatic rings. The van der Waals surface area contributed by atoms with Crippen LogP contribution in [-0.4, -0.2) is 43.0 Å². The van der Waals surface area contributed by atoms with Gasteiger partial charge < -0.3 is 10.5 Å². The number of hydrogen-bond donors (Lipinski definition) is 1. The van der Waals surface area contributed by atoms with Gasteiger partial charge >= 0.3 is 0 Å². The van der Waals surface area contributed by atoms with Crippen molar-refractivity contribution in [1.82, 2.24) is 4.90 Å². The van der Waals surface area contributed by atoms with Crippen molar-refractivity contribution < 1.29 is 14.3 Å². The number of rotatable bonds is 5. The summed E-state index contributed by atoms with van der Waals surface area (Å²) in [6, 6.07) is 8.98. The third-order valence-electron chi connectivity index (χ3n) is 3.38. The third-order valence-corrected chi connectivity index (χ3v) is 3.38. The lowest BCUT2D eigenvalue weighted by molar-refractivity contribution is -0.142. The van der Waals surface area contributed by atoms with Crippen LogP contribution in [0.3, 0.4) is 0 Å². The first-order chi connectivity index (χ1) is 9.19. The molecule has 2 rings (SSSR count). The first-order valence-corrected chi connectivity index (χ1v) is 6.29. The molecule has 2 amide bonds. The van der Waals surface area contributed by atoms with Gasteiger partial charge in [0.25, 0.3) is 0 Å². The fourth-order valence-electron chi connectivity index (χ4n) is 2.42. The number of ether oxygens (including phenoxy) is 1. The molecular weight excluding hydrogens is 244 g/mol. The van der Waals surface area contributed by atoms with Crippen molar-refractivity contribution in [3.8, 4) is 0 Å². The lowest BCUT2D eigenvalue weighted by Gasteiger charge is -2.24. The van der Waals surface area contributed by atoms with Gasteiger partial charge in [-0.05, 0) is 5.56 Å². The molecular formula is C14H18N2O3. The Morgan fingerprint density at radius 1 is 1.37 bits per heavy atom. The molecule has 2 N–H and O–H groups in total. The molecule has 1 aliphatic heterocycles. The summed E-state index contributed by atoms with van der Waals surface area (Å²) in [6.07, 6.45) is 0.211. The van der Waals surface area contributed by atoms with Gasteiger partial charge in [-0.1, -0.05) is 30.3 Å². The quantitative estimate of drug-likeness (QED) is 0.784. The molecule has 19 heavy (non-hydrogen) atoms. The number of benzene rings is 1. The maximum atomic E-state index is 12.4. The molecule has 1 aromatic carbocycles. The molecule has 0 saturated carbocycles. The first-order valence-electron chi connectivity index (χ1n) is 6.29. The van der Waals surface area contributed by atoms with E-state index in [9.17, 15) is 9.59 Å². The molecule has 1 saturated heterocycles. The average molecular weight is 262 g/mol. The second kappa shape index (κ2) is 5.95. The average Bonchev–Trinajstić information content (AvgIpc) is 2.73.